The second-order valence-electron chi connectivity index (χ2n) is 7.52. The van der Waals surface area contributed by atoms with Crippen molar-refractivity contribution in [3.05, 3.63) is 28.8 Å². The molecule has 2 fully saturated rings. The van der Waals surface area contributed by atoms with Crippen LogP contribution < -0.4 is 4.74 Å². The lowest BCUT2D eigenvalue weighted by Crippen LogP contribution is -2.41. The maximum absolute atomic E-state index is 13.2. The molecular weight excluding hydrogens is 364 g/mol. The summed E-state index contributed by atoms with van der Waals surface area (Å²) in [5.74, 6) is 0.719. The van der Waals surface area contributed by atoms with Crippen molar-refractivity contribution in [2.24, 2.45) is 0 Å². The molecule has 2 amide bonds. The standard InChI is InChI=1S/C21H29ClN2O3/c1-16(25)23-13-9-18(10-14-23)27-20-8-7-17(22)15-19(20)21(26)24-11-5-3-2-4-6-12-24/h7-8,15,18H,2-6,9-14H2,1H3. The molecule has 0 aromatic heterocycles. The molecule has 5 nitrogen and oxygen atoms in total. The van der Waals surface area contributed by atoms with Crippen LogP contribution >= 0.6 is 11.6 Å². The highest BCUT2D eigenvalue weighted by Gasteiger charge is 2.25. The summed E-state index contributed by atoms with van der Waals surface area (Å²) < 4.78 is 6.19. The van der Waals surface area contributed by atoms with E-state index in [2.05, 4.69) is 0 Å². The van der Waals surface area contributed by atoms with Crippen LogP contribution in [0.3, 0.4) is 0 Å². The average Bonchev–Trinajstić information content (AvgIpc) is 2.63. The van der Waals surface area contributed by atoms with Crippen LogP contribution in [0.1, 0.15) is 62.2 Å². The minimum absolute atomic E-state index is 0.00979. The molecule has 0 atom stereocenters. The van der Waals surface area contributed by atoms with Crippen LogP contribution in [0.4, 0.5) is 0 Å². The predicted octanol–water partition coefficient (Wildman–Crippen LogP) is 4.14. The highest BCUT2D eigenvalue weighted by Crippen LogP contribution is 2.28. The number of hydrogen-bond donors (Lipinski definition) is 0. The molecule has 27 heavy (non-hydrogen) atoms. The molecule has 3 rings (SSSR count). The number of halogens is 1. The SMILES string of the molecule is CC(=O)N1CCC(Oc2ccc(Cl)cc2C(=O)N2CCCCCCC2)CC1. The number of piperidine rings is 1. The summed E-state index contributed by atoms with van der Waals surface area (Å²) in [6, 6.07) is 5.30. The molecule has 1 aromatic carbocycles. The first kappa shape index (κ1) is 20.0. The summed E-state index contributed by atoms with van der Waals surface area (Å²) in [6.45, 7) is 4.58. The minimum Gasteiger partial charge on any atom is -0.489 e. The van der Waals surface area contributed by atoms with Gasteiger partial charge in [-0.05, 0) is 31.0 Å². The van der Waals surface area contributed by atoms with Crippen molar-refractivity contribution in [3.63, 3.8) is 0 Å². The van der Waals surface area contributed by atoms with Crippen molar-refractivity contribution in [1.29, 1.82) is 0 Å². The molecule has 2 aliphatic rings. The zero-order chi connectivity index (χ0) is 19.2. The summed E-state index contributed by atoms with van der Waals surface area (Å²) in [7, 11) is 0. The molecule has 0 unspecified atom stereocenters. The van der Waals surface area contributed by atoms with E-state index in [9.17, 15) is 9.59 Å². The molecule has 0 radical (unpaired) electrons. The Bertz CT molecular complexity index is 663. The van der Waals surface area contributed by atoms with Crippen molar-refractivity contribution in [2.45, 2.75) is 58.0 Å². The van der Waals surface area contributed by atoms with Crippen LogP contribution in [0.5, 0.6) is 5.75 Å². The summed E-state index contributed by atoms with van der Waals surface area (Å²) >= 11 is 6.18. The van der Waals surface area contributed by atoms with Crippen molar-refractivity contribution in [1.82, 2.24) is 9.80 Å². The number of hydrogen-bond acceptors (Lipinski definition) is 3. The number of amides is 2. The molecular formula is C21H29ClN2O3. The Hall–Kier alpha value is -1.75. The molecule has 2 saturated heterocycles. The molecule has 148 valence electrons. The van der Waals surface area contributed by atoms with Gasteiger partial charge in [0, 0.05) is 51.0 Å². The first-order chi connectivity index (χ1) is 13.0. The van der Waals surface area contributed by atoms with Gasteiger partial charge >= 0.3 is 0 Å². The third-order valence-electron chi connectivity index (χ3n) is 5.50. The fourth-order valence-electron chi connectivity index (χ4n) is 3.86. The smallest absolute Gasteiger partial charge is 0.257 e. The Kier molecular flexibility index (Phi) is 7.00. The van der Waals surface area contributed by atoms with Gasteiger partial charge in [-0.25, -0.2) is 0 Å². The van der Waals surface area contributed by atoms with E-state index in [1.165, 1.54) is 19.3 Å². The first-order valence-corrected chi connectivity index (χ1v) is 10.4. The molecule has 2 aliphatic heterocycles. The van der Waals surface area contributed by atoms with Gasteiger partial charge in [-0.15, -0.1) is 0 Å². The Morgan fingerprint density at radius 3 is 2.22 bits per heavy atom. The molecule has 6 heteroatoms. The van der Waals surface area contributed by atoms with E-state index < -0.39 is 0 Å². The van der Waals surface area contributed by atoms with Crippen LogP contribution in [0.2, 0.25) is 5.02 Å². The van der Waals surface area contributed by atoms with Crippen molar-refractivity contribution >= 4 is 23.4 Å². The Morgan fingerprint density at radius 1 is 0.963 bits per heavy atom. The third-order valence-corrected chi connectivity index (χ3v) is 5.73. The first-order valence-electron chi connectivity index (χ1n) is 10.1. The van der Waals surface area contributed by atoms with Crippen molar-refractivity contribution < 1.29 is 14.3 Å². The van der Waals surface area contributed by atoms with E-state index in [1.54, 1.807) is 25.1 Å². The lowest BCUT2D eigenvalue weighted by atomic mass is 10.1. The monoisotopic (exact) mass is 392 g/mol. The summed E-state index contributed by atoms with van der Waals surface area (Å²) in [6.07, 6.45) is 7.28. The van der Waals surface area contributed by atoms with Crippen molar-refractivity contribution in [3.8, 4) is 5.75 Å². The average molecular weight is 393 g/mol. The molecule has 0 saturated carbocycles. The molecule has 1 aromatic rings. The fourth-order valence-corrected chi connectivity index (χ4v) is 4.03. The number of carbonyl (C=O) groups excluding carboxylic acids is 2. The van der Waals surface area contributed by atoms with Crippen LogP contribution in [-0.4, -0.2) is 53.9 Å². The highest BCUT2D eigenvalue weighted by molar-refractivity contribution is 6.31. The van der Waals surface area contributed by atoms with Gasteiger partial charge < -0.3 is 14.5 Å². The predicted molar refractivity (Wildman–Crippen MR) is 106 cm³/mol. The van der Waals surface area contributed by atoms with Crippen LogP contribution in [0, 0.1) is 0 Å². The van der Waals surface area contributed by atoms with Gasteiger partial charge in [0.05, 0.1) is 5.56 Å². The van der Waals surface area contributed by atoms with Gasteiger partial charge in [-0.3, -0.25) is 9.59 Å². The lowest BCUT2D eigenvalue weighted by molar-refractivity contribution is -0.130. The quantitative estimate of drug-likeness (QED) is 0.776. The summed E-state index contributed by atoms with van der Waals surface area (Å²) in [5, 5.41) is 0.546. The molecule has 2 heterocycles. The van der Waals surface area contributed by atoms with E-state index in [0.29, 0.717) is 29.4 Å². The largest absolute Gasteiger partial charge is 0.489 e. The number of ether oxygens (including phenoxy) is 1. The summed E-state index contributed by atoms with van der Waals surface area (Å²) in [5.41, 5.74) is 0.553. The normalized spacial score (nSPS) is 19.3. The van der Waals surface area contributed by atoms with Gasteiger partial charge in [0.15, 0.2) is 0 Å². The van der Waals surface area contributed by atoms with Crippen LogP contribution in [0.15, 0.2) is 18.2 Å². The summed E-state index contributed by atoms with van der Waals surface area (Å²) in [4.78, 5) is 28.4. The van der Waals surface area contributed by atoms with Crippen molar-refractivity contribution in [2.75, 3.05) is 26.2 Å². The van der Waals surface area contributed by atoms with E-state index in [-0.39, 0.29) is 17.9 Å². The van der Waals surface area contributed by atoms with E-state index in [0.717, 1.165) is 38.8 Å². The molecule has 0 bridgehead atoms. The number of likely N-dealkylation sites (tertiary alicyclic amines) is 2. The molecule has 0 spiro atoms. The topological polar surface area (TPSA) is 49.9 Å². The maximum Gasteiger partial charge on any atom is 0.257 e. The highest BCUT2D eigenvalue weighted by atomic mass is 35.5. The Labute approximate surface area is 166 Å². The van der Waals surface area contributed by atoms with E-state index in [1.807, 2.05) is 9.80 Å². The van der Waals surface area contributed by atoms with Gasteiger partial charge in [0.2, 0.25) is 5.91 Å². The van der Waals surface area contributed by atoms with Crippen LogP contribution in [0.25, 0.3) is 0 Å². The van der Waals surface area contributed by atoms with Gasteiger partial charge in [0.25, 0.3) is 5.91 Å². The van der Waals surface area contributed by atoms with Gasteiger partial charge in [0.1, 0.15) is 11.9 Å². The number of nitrogens with zero attached hydrogens (tertiary/aromatic N) is 2. The van der Waals surface area contributed by atoms with Gasteiger partial charge in [-0.1, -0.05) is 30.9 Å². The number of rotatable bonds is 3. The molecule has 0 aliphatic carbocycles. The van der Waals surface area contributed by atoms with Gasteiger partial charge in [-0.2, -0.15) is 0 Å². The lowest BCUT2D eigenvalue weighted by Gasteiger charge is -2.32. The number of benzene rings is 1. The second-order valence-corrected chi connectivity index (χ2v) is 7.96. The fraction of sp³-hybridized carbons (Fsp3) is 0.619. The van der Waals surface area contributed by atoms with Crippen LogP contribution in [-0.2, 0) is 4.79 Å². The number of carbonyl (C=O) groups is 2. The Morgan fingerprint density at radius 2 is 1.59 bits per heavy atom. The zero-order valence-corrected chi connectivity index (χ0v) is 16.8. The molecule has 0 N–H and O–H groups in total. The zero-order valence-electron chi connectivity index (χ0n) is 16.1. The van der Waals surface area contributed by atoms with E-state index in [4.69, 9.17) is 16.3 Å². The third kappa shape index (κ3) is 5.38. The maximum atomic E-state index is 13.2. The minimum atomic E-state index is 0.00979. The van der Waals surface area contributed by atoms with E-state index >= 15 is 0 Å². The second kappa shape index (κ2) is 9.45. The Balaban J connectivity index is 1.71.